The van der Waals surface area contributed by atoms with E-state index in [0.717, 1.165) is 0 Å². The standard InChI is InChI=1S/C7H11ClF3NO/c8-4-2-1-3-6(13)12-5-7(9,10)11/h1-5H2,(H,12,13). The van der Waals surface area contributed by atoms with Crippen LogP contribution in [0.2, 0.25) is 0 Å². The van der Waals surface area contributed by atoms with E-state index in [2.05, 4.69) is 0 Å². The van der Waals surface area contributed by atoms with E-state index in [4.69, 9.17) is 11.6 Å². The summed E-state index contributed by atoms with van der Waals surface area (Å²) in [6.07, 6.45) is -3.07. The fourth-order valence-corrected chi connectivity index (χ4v) is 0.856. The Morgan fingerprint density at radius 2 is 1.92 bits per heavy atom. The first-order valence-corrected chi connectivity index (χ1v) is 4.38. The summed E-state index contributed by atoms with van der Waals surface area (Å²) in [7, 11) is 0. The first kappa shape index (κ1) is 12.6. The van der Waals surface area contributed by atoms with Crippen molar-refractivity contribution in [1.82, 2.24) is 5.32 Å². The highest BCUT2D eigenvalue weighted by molar-refractivity contribution is 6.17. The quantitative estimate of drug-likeness (QED) is 0.554. The molecule has 78 valence electrons. The summed E-state index contributed by atoms with van der Waals surface area (Å²) in [5.74, 6) is -0.158. The molecular weight excluding hydrogens is 207 g/mol. The molecule has 0 heterocycles. The maximum Gasteiger partial charge on any atom is 0.405 e. The van der Waals surface area contributed by atoms with Gasteiger partial charge in [-0.3, -0.25) is 4.79 Å². The first-order chi connectivity index (χ1) is 5.95. The maximum atomic E-state index is 11.6. The fourth-order valence-electron chi connectivity index (χ4n) is 0.667. The lowest BCUT2D eigenvalue weighted by atomic mass is 10.2. The van der Waals surface area contributed by atoms with Crippen LogP contribution in [-0.2, 0) is 4.79 Å². The molecule has 2 nitrogen and oxygen atoms in total. The SMILES string of the molecule is O=C(CCCCCl)NCC(F)(F)F. The van der Waals surface area contributed by atoms with Crippen molar-refractivity contribution in [3.8, 4) is 0 Å². The number of rotatable bonds is 5. The van der Waals surface area contributed by atoms with Crippen molar-refractivity contribution in [2.75, 3.05) is 12.4 Å². The number of unbranched alkanes of at least 4 members (excludes halogenated alkanes) is 1. The van der Waals surface area contributed by atoms with Crippen LogP contribution < -0.4 is 5.32 Å². The second kappa shape index (κ2) is 6.07. The van der Waals surface area contributed by atoms with Crippen LogP contribution in [-0.4, -0.2) is 24.5 Å². The van der Waals surface area contributed by atoms with Crippen molar-refractivity contribution >= 4 is 17.5 Å². The molecule has 0 rings (SSSR count). The van der Waals surface area contributed by atoms with Crippen molar-refractivity contribution in [2.45, 2.75) is 25.4 Å². The summed E-state index contributed by atoms with van der Waals surface area (Å²) in [4.78, 5) is 10.7. The third kappa shape index (κ3) is 9.46. The Morgan fingerprint density at radius 1 is 1.31 bits per heavy atom. The normalized spacial score (nSPS) is 11.4. The molecule has 0 aliphatic heterocycles. The predicted octanol–water partition coefficient (Wildman–Crippen LogP) is 2.07. The molecular formula is C7H11ClF3NO. The molecule has 0 radical (unpaired) electrons. The number of amides is 1. The average molecular weight is 218 g/mol. The third-order valence-electron chi connectivity index (χ3n) is 1.27. The lowest BCUT2D eigenvalue weighted by Gasteiger charge is -2.07. The van der Waals surface area contributed by atoms with E-state index in [9.17, 15) is 18.0 Å². The fraction of sp³-hybridized carbons (Fsp3) is 0.857. The number of alkyl halides is 4. The lowest BCUT2D eigenvalue weighted by molar-refractivity contribution is -0.138. The molecule has 0 saturated heterocycles. The van der Waals surface area contributed by atoms with E-state index in [1.807, 2.05) is 0 Å². The van der Waals surface area contributed by atoms with Gasteiger partial charge in [0.15, 0.2) is 0 Å². The summed E-state index contributed by atoms with van der Waals surface area (Å²) in [5, 5.41) is 1.77. The maximum absolute atomic E-state index is 11.6. The van der Waals surface area contributed by atoms with Gasteiger partial charge in [0.25, 0.3) is 0 Å². The Bertz CT molecular complexity index is 160. The molecule has 0 aliphatic carbocycles. The van der Waals surface area contributed by atoms with Crippen LogP contribution in [0.25, 0.3) is 0 Å². The molecule has 0 atom stereocenters. The Morgan fingerprint density at radius 3 is 2.38 bits per heavy atom. The van der Waals surface area contributed by atoms with Gasteiger partial charge in [-0.05, 0) is 12.8 Å². The predicted molar refractivity (Wildman–Crippen MR) is 43.6 cm³/mol. The Labute approximate surface area is 79.4 Å². The second-order valence-electron chi connectivity index (χ2n) is 2.54. The third-order valence-corrected chi connectivity index (χ3v) is 1.54. The van der Waals surface area contributed by atoms with Crippen LogP contribution >= 0.6 is 11.6 Å². The summed E-state index contributed by atoms with van der Waals surface area (Å²) >= 11 is 5.32. The first-order valence-electron chi connectivity index (χ1n) is 3.85. The molecule has 0 fully saturated rings. The summed E-state index contributed by atoms with van der Waals surface area (Å²) < 4.78 is 34.7. The second-order valence-corrected chi connectivity index (χ2v) is 2.92. The Balaban J connectivity index is 3.41. The summed E-state index contributed by atoms with van der Waals surface area (Å²) in [6.45, 7) is -1.26. The highest BCUT2D eigenvalue weighted by Crippen LogP contribution is 2.12. The number of carbonyl (C=O) groups excluding carboxylic acids is 1. The van der Waals surface area contributed by atoms with Crippen LogP contribution in [0, 0.1) is 0 Å². The smallest absolute Gasteiger partial charge is 0.347 e. The molecule has 0 saturated carbocycles. The summed E-state index contributed by atoms with van der Waals surface area (Å²) in [5.41, 5.74) is 0. The van der Waals surface area contributed by atoms with Gasteiger partial charge in [-0.2, -0.15) is 13.2 Å². The van der Waals surface area contributed by atoms with Gasteiger partial charge in [-0.15, -0.1) is 11.6 Å². The number of halogens is 4. The number of hydrogen-bond acceptors (Lipinski definition) is 1. The summed E-state index contributed by atoms with van der Waals surface area (Å²) in [6, 6.07) is 0. The minimum absolute atomic E-state index is 0.1000. The van der Waals surface area contributed by atoms with E-state index in [-0.39, 0.29) is 6.42 Å². The highest BCUT2D eigenvalue weighted by Gasteiger charge is 2.27. The van der Waals surface area contributed by atoms with Crippen molar-refractivity contribution in [1.29, 1.82) is 0 Å². The largest absolute Gasteiger partial charge is 0.405 e. The molecule has 0 bridgehead atoms. The van der Waals surface area contributed by atoms with Crippen molar-refractivity contribution in [2.24, 2.45) is 0 Å². The zero-order valence-corrected chi connectivity index (χ0v) is 7.71. The van der Waals surface area contributed by atoms with Crippen LogP contribution in [0.15, 0.2) is 0 Å². The minimum atomic E-state index is -4.33. The van der Waals surface area contributed by atoms with Crippen LogP contribution in [0.3, 0.4) is 0 Å². The molecule has 6 heteroatoms. The molecule has 0 aromatic rings. The van der Waals surface area contributed by atoms with E-state index in [1.165, 1.54) is 0 Å². The van der Waals surface area contributed by atoms with Crippen LogP contribution in [0.4, 0.5) is 13.2 Å². The minimum Gasteiger partial charge on any atom is -0.347 e. The van der Waals surface area contributed by atoms with Gasteiger partial charge in [0.05, 0.1) is 0 Å². The monoisotopic (exact) mass is 217 g/mol. The molecule has 1 amide bonds. The zero-order chi connectivity index (χ0) is 10.3. The van der Waals surface area contributed by atoms with Gasteiger partial charge in [-0.1, -0.05) is 0 Å². The molecule has 0 unspecified atom stereocenters. The zero-order valence-electron chi connectivity index (χ0n) is 6.96. The molecule has 0 spiro atoms. The lowest BCUT2D eigenvalue weighted by Crippen LogP contribution is -2.33. The van der Waals surface area contributed by atoms with Crippen molar-refractivity contribution < 1.29 is 18.0 Å². The van der Waals surface area contributed by atoms with Gasteiger partial charge >= 0.3 is 6.18 Å². The Hall–Kier alpha value is -0.450. The number of carbonyl (C=O) groups is 1. The van der Waals surface area contributed by atoms with Gasteiger partial charge in [0.1, 0.15) is 6.54 Å². The van der Waals surface area contributed by atoms with Crippen molar-refractivity contribution in [3.05, 3.63) is 0 Å². The molecule has 0 aromatic carbocycles. The topological polar surface area (TPSA) is 29.1 Å². The van der Waals surface area contributed by atoms with Crippen molar-refractivity contribution in [3.63, 3.8) is 0 Å². The molecule has 1 N–H and O–H groups in total. The van der Waals surface area contributed by atoms with E-state index in [1.54, 1.807) is 5.32 Å². The van der Waals surface area contributed by atoms with Crippen LogP contribution in [0.1, 0.15) is 19.3 Å². The van der Waals surface area contributed by atoms with Gasteiger partial charge in [0, 0.05) is 12.3 Å². The average Bonchev–Trinajstić information content (AvgIpc) is 2.00. The van der Waals surface area contributed by atoms with Gasteiger partial charge in [-0.25, -0.2) is 0 Å². The van der Waals surface area contributed by atoms with E-state index in [0.29, 0.717) is 18.7 Å². The molecule has 0 aromatic heterocycles. The van der Waals surface area contributed by atoms with Crippen LogP contribution in [0.5, 0.6) is 0 Å². The molecule has 0 aliphatic rings. The molecule has 13 heavy (non-hydrogen) atoms. The number of hydrogen-bond donors (Lipinski definition) is 1. The Kier molecular flexibility index (Phi) is 5.86. The highest BCUT2D eigenvalue weighted by atomic mass is 35.5. The van der Waals surface area contributed by atoms with Gasteiger partial charge in [0.2, 0.25) is 5.91 Å². The van der Waals surface area contributed by atoms with Gasteiger partial charge < -0.3 is 5.32 Å². The van der Waals surface area contributed by atoms with E-state index < -0.39 is 18.6 Å². The number of nitrogens with one attached hydrogen (secondary N) is 1. The van der Waals surface area contributed by atoms with E-state index >= 15 is 0 Å².